The summed E-state index contributed by atoms with van der Waals surface area (Å²) in [5.41, 5.74) is 2.78. The number of nitrogens with zero attached hydrogens (tertiary/aromatic N) is 6. The number of nitro groups is 1. The third-order valence-corrected chi connectivity index (χ3v) is 5.02. The van der Waals surface area contributed by atoms with Crippen LogP contribution in [0.1, 0.15) is 18.5 Å². The Balaban J connectivity index is 1.51. The molecule has 0 radical (unpaired) electrons. The maximum atomic E-state index is 10.9. The van der Waals surface area contributed by atoms with Gasteiger partial charge in [-0.25, -0.2) is 9.97 Å². The lowest BCUT2D eigenvalue weighted by atomic mass is 10.1. The molecule has 150 valence electrons. The van der Waals surface area contributed by atoms with Crippen molar-refractivity contribution in [3.05, 3.63) is 58.5 Å². The van der Waals surface area contributed by atoms with E-state index < -0.39 is 4.92 Å². The fourth-order valence-corrected chi connectivity index (χ4v) is 3.61. The van der Waals surface area contributed by atoms with E-state index in [0.29, 0.717) is 5.82 Å². The fraction of sp³-hybridized carbons (Fsp3) is 0.350. The van der Waals surface area contributed by atoms with Crippen LogP contribution in [0.15, 0.2) is 42.7 Å². The zero-order valence-corrected chi connectivity index (χ0v) is 16.4. The van der Waals surface area contributed by atoms with Crippen LogP contribution < -0.4 is 10.2 Å². The van der Waals surface area contributed by atoms with Gasteiger partial charge in [0.2, 0.25) is 0 Å². The Morgan fingerprint density at radius 3 is 2.72 bits per heavy atom. The van der Waals surface area contributed by atoms with E-state index >= 15 is 0 Å². The average molecular weight is 393 g/mol. The molecule has 1 saturated heterocycles. The first kappa shape index (κ1) is 18.9. The largest absolute Gasteiger partial charge is 0.367 e. The van der Waals surface area contributed by atoms with Gasteiger partial charge < -0.3 is 10.2 Å². The smallest absolute Gasteiger partial charge is 0.269 e. The summed E-state index contributed by atoms with van der Waals surface area (Å²) < 4.78 is 1.82. The van der Waals surface area contributed by atoms with E-state index in [4.69, 9.17) is 0 Å². The predicted octanol–water partition coefficient (Wildman–Crippen LogP) is 3.17. The van der Waals surface area contributed by atoms with E-state index in [0.717, 1.165) is 48.7 Å². The lowest BCUT2D eigenvalue weighted by Gasteiger charge is -2.34. The summed E-state index contributed by atoms with van der Waals surface area (Å²) in [6, 6.07) is 8.51. The van der Waals surface area contributed by atoms with Gasteiger partial charge in [0.05, 0.1) is 16.8 Å². The molecule has 29 heavy (non-hydrogen) atoms. The second-order valence-electron chi connectivity index (χ2n) is 7.32. The molecule has 0 amide bonds. The molecule has 2 aromatic heterocycles. The van der Waals surface area contributed by atoms with Gasteiger partial charge in [-0.05, 0) is 31.9 Å². The third-order valence-electron chi connectivity index (χ3n) is 5.02. The van der Waals surface area contributed by atoms with E-state index in [9.17, 15) is 10.1 Å². The molecule has 1 N–H and O–H groups in total. The van der Waals surface area contributed by atoms with Crippen molar-refractivity contribution in [3.8, 4) is 11.4 Å². The topological polar surface area (TPSA) is 102 Å². The van der Waals surface area contributed by atoms with Crippen LogP contribution >= 0.6 is 0 Å². The second-order valence-corrected chi connectivity index (χ2v) is 7.32. The highest BCUT2D eigenvalue weighted by molar-refractivity contribution is 5.59. The van der Waals surface area contributed by atoms with Crippen molar-refractivity contribution in [3.63, 3.8) is 0 Å². The molecule has 0 spiro atoms. The van der Waals surface area contributed by atoms with Gasteiger partial charge in [-0.2, -0.15) is 5.10 Å². The van der Waals surface area contributed by atoms with Crippen molar-refractivity contribution in [2.24, 2.45) is 7.05 Å². The molecule has 3 aromatic rings. The Labute approximate surface area is 168 Å². The number of piperidine rings is 1. The van der Waals surface area contributed by atoms with Crippen molar-refractivity contribution in [1.29, 1.82) is 0 Å². The van der Waals surface area contributed by atoms with Crippen LogP contribution in [-0.2, 0) is 7.05 Å². The van der Waals surface area contributed by atoms with E-state index in [1.54, 1.807) is 12.1 Å². The highest BCUT2D eigenvalue weighted by atomic mass is 16.6. The van der Waals surface area contributed by atoms with Crippen LogP contribution in [0.3, 0.4) is 0 Å². The average Bonchev–Trinajstić information content (AvgIpc) is 3.14. The van der Waals surface area contributed by atoms with E-state index in [2.05, 4.69) is 25.3 Å². The Bertz CT molecular complexity index is 1020. The number of anilines is 2. The van der Waals surface area contributed by atoms with Crippen molar-refractivity contribution in [1.82, 2.24) is 19.7 Å². The minimum atomic E-state index is -0.412. The molecule has 1 aliphatic rings. The number of nitro benzene ring substituents is 1. The van der Waals surface area contributed by atoms with Gasteiger partial charge in [0.1, 0.15) is 5.82 Å². The van der Waals surface area contributed by atoms with Crippen molar-refractivity contribution in [2.75, 3.05) is 23.3 Å². The molecule has 9 heteroatoms. The third kappa shape index (κ3) is 4.34. The molecule has 4 rings (SSSR count). The van der Waals surface area contributed by atoms with Gasteiger partial charge in [-0.15, -0.1) is 0 Å². The molecule has 1 fully saturated rings. The van der Waals surface area contributed by atoms with Gasteiger partial charge in [-0.3, -0.25) is 14.8 Å². The number of rotatable bonds is 5. The molecule has 1 aromatic carbocycles. The molecule has 0 saturated carbocycles. The SMILES string of the molecule is Cc1cc(NC2CCCN(c3cnn(C)c3)C2)nc(-c2ccc([N+](=O)[O-])cc2)n1. The van der Waals surface area contributed by atoms with Crippen LogP contribution in [0.5, 0.6) is 0 Å². The maximum absolute atomic E-state index is 10.9. The first-order valence-electron chi connectivity index (χ1n) is 9.58. The summed E-state index contributed by atoms with van der Waals surface area (Å²) in [4.78, 5) is 21.9. The molecule has 0 aliphatic carbocycles. The number of hydrogen-bond acceptors (Lipinski definition) is 7. The molecule has 1 aliphatic heterocycles. The Hall–Kier alpha value is -3.49. The number of nitrogens with one attached hydrogen (secondary N) is 1. The zero-order chi connectivity index (χ0) is 20.4. The van der Waals surface area contributed by atoms with Crippen molar-refractivity contribution in [2.45, 2.75) is 25.8 Å². The normalized spacial score (nSPS) is 16.6. The minimum Gasteiger partial charge on any atom is -0.367 e. The number of aromatic nitrogens is 4. The van der Waals surface area contributed by atoms with Gasteiger partial charge in [0.15, 0.2) is 5.82 Å². The highest BCUT2D eigenvalue weighted by Gasteiger charge is 2.21. The molecule has 1 atom stereocenters. The summed E-state index contributed by atoms with van der Waals surface area (Å²) >= 11 is 0. The summed E-state index contributed by atoms with van der Waals surface area (Å²) in [7, 11) is 1.92. The number of aryl methyl sites for hydroxylation is 2. The first-order valence-corrected chi connectivity index (χ1v) is 9.58. The number of non-ortho nitro benzene ring substituents is 1. The summed E-state index contributed by atoms with van der Waals surface area (Å²) in [6.45, 7) is 3.81. The fourth-order valence-electron chi connectivity index (χ4n) is 3.61. The number of benzene rings is 1. The van der Waals surface area contributed by atoms with Crippen LogP contribution in [0, 0.1) is 17.0 Å². The maximum Gasteiger partial charge on any atom is 0.269 e. The minimum absolute atomic E-state index is 0.0532. The molecule has 3 heterocycles. The van der Waals surface area contributed by atoms with Crippen molar-refractivity contribution < 1.29 is 4.92 Å². The molecular weight excluding hydrogens is 370 g/mol. The quantitative estimate of drug-likeness (QED) is 0.525. The number of hydrogen-bond donors (Lipinski definition) is 1. The van der Waals surface area contributed by atoms with Gasteiger partial charge >= 0.3 is 0 Å². The standard InChI is InChI=1S/C20H23N7O2/c1-14-10-19(24-20(22-14)15-5-7-17(8-6-15)27(28)29)23-16-4-3-9-26(12-16)18-11-21-25(2)13-18/h5-8,10-11,13,16H,3-4,9,12H2,1-2H3,(H,22,23,24). The Morgan fingerprint density at radius 2 is 2.03 bits per heavy atom. The van der Waals surface area contributed by atoms with Crippen molar-refractivity contribution >= 4 is 17.2 Å². The molecule has 0 bridgehead atoms. The van der Waals surface area contributed by atoms with Gasteiger partial charge in [0, 0.05) is 61.8 Å². The van der Waals surface area contributed by atoms with Crippen LogP contribution in [0.25, 0.3) is 11.4 Å². The summed E-state index contributed by atoms with van der Waals surface area (Å²) in [5.74, 6) is 1.33. The molecule has 9 nitrogen and oxygen atoms in total. The first-order chi connectivity index (χ1) is 14.0. The lowest BCUT2D eigenvalue weighted by Crippen LogP contribution is -2.42. The van der Waals surface area contributed by atoms with E-state index in [1.165, 1.54) is 12.1 Å². The lowest BCUT2D eigenvalue weighted by molar-refractivity contribution is -0.384. The summed E-state index contributed by atoms with van der Waals surface area (Å²) in [6.07, 6.45) is 6.08. The second kappa shape index (κ2) is 7.86. The van der Waals surface area contributed by atoms with Crippen LogP contribution in [0.4, 0.5) is 17.2 Å². The Morgan fingerprint density at radius 1 is 1.24 bits per heavy atom. The predicted molar refractivity (Wildman–Crippen MR) is 111 cm³/mol. The van der Waals surface area contributed by atoms with Gasteiger partial charge in [-0.1, -0.05) is 0 Å². The van der Waals surface area contributed by atoms with Gasteiger partial charge in [0.25, 0.3) is 5.69 Å². The molecular formula is C20H23N7O2. The monoisotopic (exact) mass is 393 g/mol. The van der Waals surface area contributed by atoms with E-state index in [1.807, 2.05) is 37.1 Å². The highest BCUT2D eigenvalue weighted by Crippen LogP contribution is 2.24. The Kier molecular flexibility index (Phi) is 5.11. The summed E-state index contributed by atoms with van der Waals surface area (Å²) in [5, 5.41) is 18.7. The van der Waals surface area contributed by atoms with E-state index in [-0.39, 0.29) is 11.7 Å². The van der Waals surface area contributed by atoms with Crippen LogP contribution in [0.2, 0.25) is 0 Å². The molecule has 1 unspecified atom stereocenters. The van der Waals surface area contributed by atoms with Crippen LogP contribution in [-0.4, -0.2) is 43.8 Å². The zero-order valence-electron chi connectivity index (χ0n) is 16.4.